The van der Waals surface area contributed by atoms with Gasteiger partial charge < -0.3 is 14.6 Å². The zero-order chi connectivity index (χ0) is 22.3. The van der Waals surface area contributed by atoms with E-state index in [0.717, 1.165) is 0 Å². The highest BCUT2D eigenvalue weighted by molar-refractivity contribution is 6.31. The fraction of sp³-hybridized carbons (Fsp3) is 0.429. The summed E-state index contributed by atoms with van der Waals surface area (Å²) in [4.78, 5) is 49.5. The number of ether oxygens (including phenoxy) is 1. The van der Waals surface area contributed by atoms with Gasteiger partial charge in [-0.2, -0.15) is 0 Å². The van der Waals surface area contributed by atoms with E-state index in [1.54, 1.807) is 32.0 Å². The lowest BCUT2D eigenvalue weighted by Crippen LogP contribution is -2.47. The van der Waals surface area contributed by atoms with Crippen LogP contribution in [0.1, 0.15) is 39.2 Å². The predicted molar refractivity (Wildman–Crippen MR) is 111 cm³/mol. The average Bonchev–Trinajstić information content (AvgIpc) is 2.73. The summed E-state index contributed by atoms with van der Waals surface area (Å²) in [7, 11) is 0. The molecule has 0 spiro atoms. The number of esters is 1. The summed E-state index contributed by atoms with van der Waals surface area (Å²) >= 11 is 5.98. The SMILES string of the molecule is CCCOC(=O)CC(NC(=O)[C@H](CC)n1ccc2ccc(Cl)cc2c1=O)C(=O)CF. The summed E-state index contributed by atoms with van der Waals surface area (Å²) in [6, 6.07) is 4.22. The fourth-order valence-corrected chi connectivity index (χ4v) is 3.20. The number of ketones is 1. The highest BCUT2D eigenvalue weighted by Gasteiger charge is 2.28. The summed E-state index contributed by atoms with van der Waals surface area (Å²) in [5.41, 5.74) is -0.423. The second-order valence-electron chi connectivity index (χ2n) is 6.77. The third-order valence-electron chi connectivity index (χ3n) is 4.59. The molecule has 162 valence electrons. The van der Waals surface area contributed by atoms with Gasteiger partial charge >= 0.3 is 5.97 Å². The smallest absolute Gasteiger partial charge is 0.308 e. The molecule has 1 aromatic heterocycles. The molecule has 7 nitrogen and oxygen atoms in total. The third-order valence-corrected chi connectivity index (χ3v) is 4.83. The zero-order valence-electron chi connectivity index (χ0n) is 16.8. The van der Waals surface area contributed by atoms with Gasteiger partial charge in [-0.3, -0.25) is 19.2 Å². The van der Waals surface area contributed by atoms with Crippen molar-refractivity contribution in [3.8, 4) is 0 Å². The number of benzene rings is 1. The first-order valence-electron chi connectivity index (χ1n) is 9.67. The lowest BCUT2D eigenvalue weighted by molar-refractivity contribution is -0.146. The minimum atomic E-state index is -1.37. The third kappa shape index (κ3) is 5.66. The van der Waals surface area contributed by atoms with Crippen molar-refractivity contribution < 1.29 is 23.5 Å². The Morgan fingerprint density at radius 1 is 1.23 bits per heavy atom. The number of halogens is 2. The largest absolute Gasteiger partial charge is 0.466 e. The van der Waals surface area contributed by atoms with Gasteiger partial charge in [-0.15, -0.1) is 0 Å². The minimum absolute atomic E-state index is 0.163. The van der Waals surface area contributed by atoms with E-state index in [0.29, 0.717) is 22.2 Å². The van der Waals surface area contributed by atoms with Crippen molar-refractivity contribution in [2.75, 3.05) is 13.3 Å². The predicted octanol–water partition coefficient (Wildman–Crippen LogP) is 2.97. The van der Waals surface area contributed by atoms with Crippen molar-refractivity contribution in [3.05, 3.63) is 45.8 Å². The van der Waals surface area contributed by atoms with Gasteiger partial charge in [0.25, 0.3) is 5.56 Å². The number of aromatic nitrogens is 1. The zero-order valence-corrected chi connectivity index (χ0v) is 17.6. The molecule has 0 aliphatic carbocycles. The van der Waals surface area contributed by atoms with Gasteiger partial charge in [-0.05, 0) is 36.4 Å². The normalized spacial score (nSPS) is 12.9. The number of carbonyl (C=O) groups is 3. The number of nitrogens with one attached hydrogen (secondary N) is 1. The van der Waals surface area contributed by atoms with E-state index >= 15 is 0 Å². The maximum atomic E-state index is 13.0. The van der Waals surface area contributed by atoms with Crippen LogP contribution in [-0.4, -0.2) is 41.6 Å². The summed E-state index contributed by atoms with van der Waals surface area (Å²) < 4.78 is 19.1. The highest BCUT2D eigenvalue weighted by Crippen LogP contribution is 2.18. The first-order chi connectivity index (χ1) is 14.3. The Bertz CT molecular complexity index is 991. The van der Waals surface area contributed by atoms with E-state index in [1.165, 1.54) is 16.8 Å². The number of alkyl halides is 1. The van der Waals surface area contributed by atoms with E-state index in [9.17, 15) is 23.6 Å². The van der Waals surface area contributed by atoms with Crippen LogP contribution in [0.2, 0.25) is 5.02 Å². The van der Waals surface area contributed by atoms with Crippen molar-refractivity contribution >= 4 is 40.0 Å². The van der Waals surface area contributed by atoms with Gasteiger partial charge in [0, 0.05) is 16.6 Å². The fourth-order valence-electron chi connectivity index (χ4n) is 3.03. The highest BCUT2D eigenvalue weighted by atomic mass is 35.5. The van der Waals surface area contributed by atoms with Crippen molar-refractivity contribution in [1.29, 1.82) is 0 Å². The van der Waals surface area contributed by atoms with Crippen molar-refractivity contribution in [1.82, 2.24) is 9.88 Å². The second-order valence-corrected chi connectivity index (χ2v) is 7.21. The summed E-state index contributed by atoms with van der Waals surface area (Å²) in [6.07, 6.45) is 1.82. The monoisotopic (exact) mass is 438 g/mol. The van der Waals surface area contributed by atoms with Gasteiger partial charge in [-0.1, -0.05) is 31.5 Å². The summed E-state index contributed by atoms with van der Waals surface area (Å²) in [5.74, 6) is -2.32. The molecule has 1 heterocycles. The minimum Gasteiger partial charge on any atom is -0.466 e. The number of nitrogens with zero attached hydrogens (tertiary/aromatic N) is 1. The molecule has 0 radical (unpaired) electrons. The van der Waals surface area contributed by atoms with Crippen LogP contribution >= 0.6 is 11.6 Å². The molecule has 0 saturated carbocycles. The van der Waals surface area contributed by atoms with Gasteiger partial charge in [0.05, 0.1) is 13.0 Å². The molecular weight excluding hydrogens is 415 g/mol. The quantitative estimate of drug-likeness (QED) is 0.575. The van der Waals surface area contributed by atoms with Crippen LogP contribution < -0.4 is 10.9 Å². The second kappa shape index (κ2) is 10.9. The first kappa shape index (κ1) is 23.5. The van der Waals surface area contributed by atoms with E-state index in [1.807, 2.05) is 0 Å². The maximum absolute atomic E-state index is 13.0. The Balaban J connectivity index is 2.28. The molecule has 1 unspecified atom stereocenters. The maximum Gasteiger partial charge on any atom is 0.308 e. The van der Waals surface area contributed by atoms with Crippen LogP contribution in [0, 0.1) is 0 Å². The number of hydrogen-bond donors (Lipinski definition) is 1. The van der Waals surface area contributed by atoms with E-state index in [4.69, 9.17) is 16.3 Å². The number of pyridine rings is 1. The number of carbonyl (C=O) groups excluding carboxylic acids is 3. The van der Waals surface area contributed by atoms with Gasteiger partial charge in [-0.25, -0.2) is 4.39 Å². The van der Waals surface area contributed by atoms with Gasteiger partial charge in [0.15, 0.2) is 5.78 Å². The van der Waals surface area contributed by atoms with Crippen molar-refractivity contribution in [2.45, 2.75) is 45.2 Å². The molecule has 9 heteroatoms. The van der Waals surface area contributed by atoms with Gasteiger partial charge in [0.1, 0.15) is 18.8 Å². The summed E-state index contributed by atoms with van der Waals surface area (Å²) in [6.45, 7) is 2.33. The molecule has 0 fully saturated rings. The van der Waals surface area contributed by atoms with Crippen LogP contribution in [-0.2, 0) is 19.1 Å². The molecule has 0 bridgehead atoms. The number of fused-ring (bicyclic) bond motifs is 1. The molecule has 0 aliphatic rings. The van der Waals surface area contributed by atoms with Crippen molar-refractivity contribution in [2.24, 2.45) is 0 Å². The van der Waals surface area contributed by atoms with Crippen LogP contribution in [0.5, 0.6) is 0 Å². The average molecular weight is 439 g/mol. The lowest BCUT2D eigenvalue weighted by Gasteiger charge is -2.22. The molecule has 0 aliphatic heterocycles. The Morgan fingerprint density at radius 2 is 1.97 bits per heavy atom. The van der Waals surface area contributed by atoms with Gasteiger partial charge in [0.2, 0.25) is 5.91 Å². The summed E-state index contributed by atoms with van der Waals surface area (Å²) in [5, 5.41) is 3.79. The molecule has 0 saturated heterocycles. The first-order valence-corrected chi connectivity index (χ1v) is 10.0. The molecular formula is C21H24ClFN2O5. The lowest BCUT2D eigenvalue weighted by atomic mass is 10.1. The molecule has 1 amide bonds. The van der Waals surface area contributed by atoms with Crippen LogP contribution in [0.3, 0.4) is 0 Å². The Kier molecular flexibility index (Phi) is 8.53. The molecule has 2 aromatic rings. The number of Topliss-reactive ketones (excluding diaryl/α,β-unsaturated/α-hetero) is 1. The number of rotatable bonds is 10. The van der Waals surface area contributed by atoms with Crippen LogP contribution in [0.15, 0.2) is 35.3 Å². The number of hydrogen-bond acceptors (Lipinski definition) is 5. The Labute approximate surface area is 178 Å². The molecule has 2 rings (SSSR count). The van der Waals surface area contributed by atoms with Crippen LogP contribution in [0.4, 0.5) is 4.39 Å². The standard InChI is InChI=1S/C21H24ClFN2O5/c1-3-9-30-19(27)11-16(18(26)12-23)24-20(28)17(4-2)25-8-7-13-5-6-14(22)10-15(13)21(25)29/h5-8,10,16-17H,3-4,9,11-12H2,1-2H3,(H,24,28)/t16?,17-/m0/s1. The van der Waals surface area contributed by atoms with E-state index in [2.05, 4.69) is 5.32 Å². The topological polar surface area (TPSA) is 94.5 Å². The molecule has 1 N–H and O–H groups in total. The molecule has 1 aromatic carbocycles. The van der Waals surface area contributed by atoms with E-state index < -0.39 is 48.4 Å². The van der Waals surface area contributed by atoms with Crippen molar-refractivity contribution in [3.63, 3.8) is 0 Å². The Morgan fingerprint density at radius 3 is 2.60 bits per heavy atom. The number of amides is 1. The molecule has 30 heavy (non-hydrogen) atoms. The molecule has 2 atom stereocenters. The van der Waals surface area contributed by atoms with Crippen LogP contribution in [0.25, 0.3) is 10.8 Å². The Hall–Kier alpha value is -2.74. The van der Waals surface area contributed by atoms with E-state index in [-0.39, 0.29) is 13.0 Å².